The van der Waals surface area contributed by atoms with E-state index >= 15 is 0 Å². The van der Waals surface area contributed by atoms with Crippen LogP contribution in [0.4, 0.5) is 11.4 Å². The molecule has 138 valence electrons. The van der Waals surface area contributed by atoms with Crippen molar-refractivity contribution >= 4 is 39.1 Å². The van der Waals surface area contributed by atoms with Crippen LogP contribution in [0.25, 0.3) is 0 Å². The summed E-state index contributed by atoms with van der Waals surface area (Å²) in [4.78, 5) is 22.6. The third-order valence-corrected chi connectivity index (χ3v) is 6.30. The fraction of sp³-hybridized carbons (Fsp3) is 0.500. The van der Waals surface area contributed by atoms with E-state index in [1.165, 1.54) is 36.6 Å². The van der Waals surface area contributed by atoms with Gasteiger partial charge in [-0.15, -0.1) is 0 Å². The molecule has 0 unspecified atom stereocenters. The number of nitrogens with one attached hydrogen (secondary N) is 1. The smallest absolute Gasteiger partial charge is 0.281 e. The highest BCUT2D eigenvalue weighted by Gasteiger charge is 2.32. The Morgan fingerprint density at radius 1 is 1.36 bits per heavy atom. The van der Waals surface area contributed by atoms with Crippen molar-refractivity contribution in [3.63, 3.8) is 0 Å². The van der Waals surface area contributed by atoms with Gasteiger partial charge in [0.1, 0.15) is 0 Å². The second-order valence-electron chi connectivity index (χ2n) is 5.87. The van der Waals surface area contributed by atoms with E-state index < -0.39 is 15.1 Å². The Balaban J connectivity index is 2.02. The fourth-order valence-corrected chi connectivity index (χ4v) is 3.84. The van der Waals surface area contributed by atoms with E-state index in [0.29, 0.717) is 12.8 Å². The highest BCUT2D eigenvalue weighted by molar-refractivity contribution is 7.86. The molecule has 25 heavy (non-hydrogen) atoms. The maximum Gasteiger partial charge on any atom is 0.281 e. The van der Waals surface area contributed by atoms with Crippen molar-refractivity contribution in [2.45, 2.75) is 12.8 Å². The van der Waals surface area contributed by atoms with Gasteiger partial charge in [0.05, 0.1) is 15.6 Å². The van der Waals surface area contributed by atoms with E-state index in [1.807, 2.05) is 0 Å². The normalized spacial score (nSPS) is 16.8. The maximum atomic E-state index is 12.4. The first-order valence-corrected chi connectivity index (χ1v) is 9.33. The van der Waals surface area contributed by atoms with Crippen molar-refractivity contribution < 1.29 is 18.1 Å². The number of nitro groups is 1. The van der Waals surface area contributed by atoms with Crippen LogP contribution in [0.5, 0.6) is 0 Å². The summed E-state index contributed by atoms with van der Waals surface area (Å²) < 4.78 is 26.6. The summed E-state index contributed by atoms with van der Waals surface area (Å²) in [5.74, 6) is -0.715. The van der Waals surface area contributed by atoms with E-state index in [9.17, 15) is 23.3 Å². The zero-order chi connectivity index (χ0) is 18.8. The van der Waals surface area contributed by atoms with Crippen LogP contribution >= 0.6 is 11.6 Å². The van der Waals surface area contributed by atoms with Gasteiger partial charge in [-0.25, -0.2) is 0 Å². The van der Waals surface area contributed by atoms with E-state index in [2.05, 4.69) is 5.32 Å². The summed E-state index contributed by atoms with van der Waals surface area (Å²) in [5.41, 5.74) is -0.00388. The van der Waals surface area contributed by atoms with Gasteiger partial charge in [-0.2, -0.15) is 17.0 Å². The van der Waals surface area contributed by atoms with Crippen LogP contribution in [-0.4, -0.2) is 55.0 Å². The molecule has 0 radical (unpaired) electrons. The minimum Gasteiger partial charge on any atom is -0.324 e. The number of hydrogen-bond acceptors (Lipinski definition) is 5. The number of piperidine rings is 1. The van der Waals surface area contributed by atoms with Crippen LogP contribution in [0.2, 0.25) is 5.02 Å². The standard InChI is InChI=1S/C14H19ClN4O5S/c1-17(2)25(23,24)18-7-5-10(6-8-18)14(20)16-13-9-11(19(21)22)3-4-12(13)15/h3-4,9-10H,5-8H2,1-2H3,(H,16,20). The van der Waals surface area contributed by atoms with Crippen molar-refractivity contribution in [3.05, 3.63) is 33.3 Å². The Hall–Kier alpha value is -1.75. The number of non-ortho nitro benzene ring substituents is 1. The summed E-state index contributed by atoms with van der Waals surface area (Å²) >= 11 is 5.97. The highest BCUT2D eigenvalue weighted by atomic mass is 35.5. The Kier molecular flexibility index (Phi) is 5.99. The summed E-state index contributed by atoms with van der Waals surface area (Å²) in [6.45, 7) is 0.475. The minimum atomic E-state index is -3.49. The lowest BCUT2D eigenvalue weighted by atomic mass is 9.97. The maximum absolute atomic E-state index is 12.4. The predicted octanol–water partition coefficient (Wildman–Crippen LogP) is 1.71. The number of halogens is 1. The third kappa shape index (κ3) is 4.46. The summed E-state index contributed by atoms with van der Waals surface area (Å²) in [7, 11) is -0.577. The summed E-state index contributed by atoms with van der Waals surface area (Å²) in [5, 5.41) is 13.6. The number of amides is 1. The largest absolute Gasteiger partial charge is 0.324 e. The second-order valence-corrected chi connectivity index (χ2v) is 8.42. The molecule has 0 aliphatic carbocycles. The van der Waals surface area contributed by atoms with E-state index in [4.69, 9.17) is 11.6 Å². The third-order valence-electron chi connectivity index (χ3n) is 4.03. The Bertz CT molecular complexity index is 775. The molecule has 1 aliphatic heterocycles. The second kappa shape index (κ2) is 7.65. The highest BCUT2D eigenvalue weighted by Crippen LogP contribution is 2.28. The SMILES string of the molecule is CN(C)S(=O)(=O)N1CCC(C(=O)Nc2cc([N+](=O)[O-])ccc2Cl)CC1. The molecule has 0 atom stereocenters. The lowest BCUT2D eigenvalue weighted by Crippen LogP contribution is -2.46. The van der Waals surface area contributed by atoms with Crippen molar-refractivity contribution in [1.82, 2.24) is 8.61 Å². The Morgan fingerprint density at radius 3 is 2.48 bits per heavy atom. The molecular formula is C14H19ClN4O5S. The van der Waals surface area contributed by atoms with Crippen LogP contribution in [-0.2, 0) is 15.0 Å². The first-order valence-electron chi connectivity index (χ1n) is 7.55. The Morgan fingerprint density at radius 2 is 1.96 bits per heavy atom. The van der Waals surface area contributed by atoms with Gasteiger partial charge in [0, 0.05) is 45.2 Å². The molecule has 2 rings (SSSR count). The van der Waals surface area contributed by atoms with E-state index in [1.54, 1.807) is 0 Å². The zero-order valence-corrected chi connectivity index (χ0v) is 15.4. The molecule has 0 spiro atoms. The van der Waals surface area contributed by atoms with Gasteiger partial charge in [0.25, 0.3) is 15.9 Å². The fourth-order valence-electron chi connectivity index (χ4n) is 2.54. The lowest BCUT2D eigenvalue weighted by Gasteiger charge is -2.32. The number of benzene rings is 1. The van der Waals surface area contributed by atoms with Crippen LogP contribution in [0.15, 0.2) is 18.2 Å². The molecule has 1 aromatic rings. The molecule has 9 nitrogen and oxygen atoms in total. The molecule has 1 heterocycles. The van der Waals surface area contributed by atoms with Crippen LogP contribution in [0.1, 0.15) is 12.8 Å². The minimum absolute atomic E-state index is 0.171. The van der Waals surface area contributed by atoms with Crippen molar-refractivity contribution in [2.75, 3.05) is 32.5 Å². The number of carbonyl (C=O) groups is 1. The molecule has 1 saturated heterocycles. The number of nitrogens with zero attached hydrogens (tertiary/aromatic N) is 3. The molecule has 1 aromatic carbocycles. The van der Waals surface area contributed by atoms with E-state index in [0.717, 1.165) is 4.31 Å². The van der Waals surface area contributed by atoms with E-state index in [-0.39, 0.29) is 41.3 Å². The molecule has 1 amide bonds. The molecular weight excluding hydrogens is 372 g/mol. The van der Waals surface area contributed by atoms with Gasteiger partial charge in [0.15, 0.2) is 0 Å². The number of carbonyl (C=O) groups excluding carboxylic acids is 1. The summed E-state index contributed by atoms with van der Waals surface area (Å²) in [6.07, 6.45) is 0.733. The predicted molar refractivity (Wildman–Crippen MR) is 93.6 cm³/mol. The average molecular weight is 391 g/mol. The number of anilines is 1. The topological polar surface area (TPSA) is 113 Å². The van der Waals surface area contributed by atoms with Crippen LogP contribution < -0.4 is 5.32 Å². The number of nitro benzene ring substituents is 1. The molecule has 1 N–H and O–H groups in total. The van der Waals surface area contributed by atoms with Gasteiger partial charge >= 0.3 is 0 Å². The van der Waals surface area contributed by atoms with Gasteiger partial charge in [-0.3, -0.25) is 14.9 Å². The van der Waals surface area contributed by atoms with Gasteiger partial charge in [0.2, 0.25) is 5.91 Å². The molecule has 0 aromatic heterocycles. The number of rotatable bonds is 5. The molecule has 0 saturated carbocycles. The first-order chi connectivity index (χ1) is 11.6. The van der Waals surface area contributed by atoms with Crippen molar-refractivity contribution in [2.24, 2.45) is 5.92 Å². The molecule has 1 fully saturated rings. The van der Waals surface area contributed by atoms with Gasteiger partial charge in [-0.05, 0) is 18.9 Å². The van der Waals surface area contributed by atoms with Gasteiger partial charge < -0.3 is 5.32 Å². The average Bonchev–Trinajstić information content (AvgIpc) is 2.56. The number of hydrogen-bond donors (Lipinski definition) is 1. The quantitative estimate of drug-likeness (QED) is 0.607. The van der Waals surface area contributed by atoms with Crippen molar-refractivity contribution in [3.8, 4) is 0 Å². The molecule has 11 heteroatoms. The Labute approximate surface area is 150 Å². The molecule has 0 bridgehead atoms. The zero-order valence-electron chi connectivity index (χ0n) is 13.8. The van der Waals surface area contributed by atoms with Crippen LogP contribution in [0.3, 0.4) is 0 Å². The van der Waals surface area contributed by atoms with Crippen molar-refractivity contribution in [1.29, 1.82) is 0 Å². The first kappa shape index (κ1) is 19.6. The van der Waals surface area contributed by atoms with Gasteiger partial charge in [-0.1, -0.05) is 11.6 Å². The monoisotopic (exact) mass is 390 g/mol. The molecule has 1 aliphatic rings. The summed E-state index contributed by atoms with van der Waals surface area (Å²) in [6, 6.07) is 3.80. The lowest BCUT2D eigenvalue weighted by molar-refractivity contribution is -0.384. The van der Waals surface area contributed by atoms with Crippen LogP contribution in [0, 0.1) is 16.0 Å².